The molecule has 2 aromatic heterocycles. The summed E-state index contributed by atoms with van der Waals surface area (Å²) in [5.41, 5.74) is 1.60. The van der Waals surface area contributed by atoms with E-state index in [2.05, 4.69) is 10.2 Å². The first kappa shape index (κ1) is 26.3. The number of rotatable bonds is 10. The Morgan fingerprint density at radius 1 is 0.923 bits per heavy atom. The van der Waals surface area contributed by atoms with Crippen molar-refractivity contribution in [2.45, 2.75) is 32.9 Å². The lowest BCUT2D eigenvalue weighted by Crippen LogP contribution is -2.05. The summed E-state index contributed by atoms with van der Waals surface area (Å²) < 4.78 is 70.4. The van der Waals surface area contributed by atoms with Gasteiger partial charge in [-0.05, 0) is 24.1 Å². The van der Waals surface area contributed by atoms with E-state index < -0.39 is 18.7 Å². The number of hydrogen-bond acceptors (Lipinski definition) is 5. The van der Waals surface area contributed by atoms with E-state index in [1.54, 1.807) is 19.2 Å². The van der Waals surface area contributed by atoms with Gasteiger partial charge in [-0.3, -0.25) is 4.68 Å². The van der Waals surface area contributed by atoms with Crippen LogP contribution in [0.1, 0.15) is 31.0 Å². The van der Waals surface area contributed by atoms with Gasteiger partial charge in [-0.15, -0.1) is 5.10 Å². The minimum Gasteiger partial charge on any atom is -0.477 e. The van der Waals surface area contributed by atoms with E-state index in [9.17, 15) is 17.6 Å². The highest BCUT2D eigenvalue weighted by atomic mass is 19.3. The smallest absolute Gasteiger partial charge is 0.388 e. The topological polar surface area (TPSA) is 71.9 Å². The zero-order valence-electron chi connectivity index (χ0n) is 21.5. The summed E-state index contributed by atoms with van der Waals surface area (Å²) in [6.45, 7) is -0.556. The van der Waals surface area contributed by atoms with E-state index in [-0.39, 0.29) is 35.2 Å². The van der Waals surface area contributed by atoms with Crippen LogP contribution in [0.4, 0.5) is 17.6 Å². The van der Waals surface area contributed by atoms with Crippen molar-refractivity contribution in [2.24, 2.45) is 14.1 Å². The van der Waals surface area contributed by atoms with Gasteiger partial charge < -0.3 is 14.0 Å². The first-order valence-corrected chi connectivity index (χ1v) is 12.3. The molecule has 4 heterocycles. The summed E-state index contributed by atoms with van der Waals surface area (Å²) in [7, 11) is 3.06. The maximum absolute atomic E-state index is 14.3. The van der Waals surface area contributed by atoms with Crippen LogP contribution in [0.3, 0.4) is 0 Å². The Bertz CT molecular complexity index is 1540. The minimum atomic E-state index is -3.14. The predicted molar refractivity (Wildman–Crippen MR) is 136 cm³/mol. The molecule has 1 aromatic carbocycles. The molecule has 0 aliphatic carbocycles. The second-order valence-electron chi connectivity index (χ2n) is 8.93. The third-order valence-electron chi connectivity index (χ3n) is 6.13. The van der Waals surface area contributed by atoms with Crippen LogP contribution in [0.2, 0.25) is 0 Å². The number of alkyl halides is 4. The maximum atomic E-state index is 14.3. The molecule has 0 radical (unpaired) electrons. The van der Waals surface area contributed by atoms with E-state index in [0.29, 0.717) is 29.9 Å². The Labute approximate surface area is 221 Å². The average molecular weight is 543 g/mol. The van der Waals surface area contributed by atoms with Gasteiger partial charge in [0.1, 0.15) is 11.5 Å². The SMILES string of the molecule is CCCOc1c(-c2nc3n(Cc4ccccc4)cccc-3c2-c2cn(C)nc2OC(F)F)c(C(F)F)nn1C. The molecule has 2 aliphatic rings. The van der Waals surface area contributed by atoms with Crippen LogP contribution >= 0.6 is 0 Å². The van der Waals surface area contributed by atoms with Crippen molar-refractivity contribution >= 4 is 0 Å². The number of nitrogens with zero attached hydrogens (tertiary/aromatic N) is 6. The quantitative estimate of drug-likeness (QED) is 0.198. The van der Waals surface area contributed by atoms with Crippen molar-refractivity contribution in [1.29, 1.82) is 0 Å². The highest BCUT2D eigenvalue weighted by Crippen LogP contribution is 2.49. The summed E-state index contributed by atoms with van der Waals surface area (Å²) in [5.74, 6) is 0.217. The van der Waals surface area contributed by atoms with Gasteiger partial charge in [0, 0.05) is 44.2 Å². The number of benzene rings is 1. The molecule has 0 saturated heterocycles. The molecule has 3 aromatic rings. The molecule has 0 spiro atoms. The molecule has 0 atom stereocenters. The van der Waals surface area contributed by atoms with Crippen molar-refractivity contribution in [3.63, 3.8) is 0 Å². The zero-order valence-corrected chi connectivity index (χ0v) is 21.5. The summed E-state index contributed by atoms with van der Waals surface area (Å²) in [4.78, 5) is 4.83. The van der Waals surface area contributed by atoms with E-state index in [0.717, 1.165) is 5.56 Å². The molecular weight excluding hydrogens is 516 g/mol. The molecule has 12 heteroatoms. The Morgan fingerprint density at radius 2 is 1.69 bits per heavy atom. The van der Waals surface area contributed by atoms with Gasteiger partial charge in [0.15, 0.2) is 0 Å². The van der Waals surface area contributed by atoms with Gasteiger partial charge in [-0.1, -0.05) is 37.3 Å². The number of ether oxygens (including phenoxy) is 2. The van der Waals surface area contributed by atoms with Crippen LogP contribution in [-0.2, 0) is 20.6 Å². The molecule has 0 amide bonds. The lowest BCUT2D eigenvalue weighted by molar-refractivity contribution is -0.0527. The number of aryl methyl sites for hydroxylation is 2. The Hall–Kier alpha value is -4.35. The Kier molecular flexibility index (Phi) is 7.27. The van der Waals surface area contributed by atoms with Crippen molar-refractivity contribution in [3.05, 3.63) is 66.1 Å². The molecule has 39 heavy (non-hydrogen) atoms. The summed E-state index contributed by atoms with van der Waals surface area (Å²) >= 11 is 0. The lowest BCUT2D eigenvalue weighted by Gasteiger charge is -2.12. The molecular formula is C27H26F4N6O2. The molecule has 0 fully saturated rings. The Morgan fingerprint density at radius 3 is 2.38 bits per heavy atom. The molecule has 204 valence electrons. The van der Waals surface area contributed by atoms with Gasteiger partial charge in [-0.2, -0.15) is 13.9 Å². The normalized spacial score (nSPS) is 11.7. The van der Waals surface area contributed by atoms with Crippen molar-refractivity contribution in [1.82, 2.24) is 29.1 Å². The van der Waals surface area contributed by atoms with Gasteiger partial charge >= 0.3 is 6.61 Å². The van der Waals surface area contributed by atoms with Gasteiger partial charge in [0.05, 0.1) is 23.4 Å². The van der Waals surface area contributed by atoms with Crippen LogP contribution in [0, 0.1) is 0 Å². The monoisotopic (exact) mass is 542 g/mol. The largest absolute Gasteiger partial charge is 0.477 e. The maximum Gasteiger partial charge on any atom is 0.388 e. The number of halogens is 4. The summed E-state index contributed by atoms with van der Waals surface area (Å²) in [6.07, 6.45) is 1.00. The minimum absolute atomic E-state index is 0.00902. The second-order valence-corrected chi connectivity index (χ2v) is 8.93. The fourth-order valence-electron chi connectivity index (χ4n) is 4.59. The van der Waals surface area contributed by atoms with Crippen molar-refractivity contribution in [2.75, 3.05) is 6.61 Å². The fraction of sp³-hybridized carbons (Fsp3) is 0.296. The third-order valence-corrected chi connectivity index (χ3v) is 6.13. The van der Waals surface area contributed by atoms with Crippen molar-refractivity contribution < 1.29 is 27.0 Å². The lowest BCUT2D eigenvalue weighted by atomic mass is 9.99. The van der Waals surface area contributed by atoms with Crippen molar-refractivity contribution in [3.8, 4) is 45.5 Å². The van der Waals surface area contributed by atoms with E-state index >= 15 is 0 Å². The summed E-state index contributed by atoms with van der Waals surface area (Å²) in [6, 6.07) is 13.2. The van der Waals surface area contributed by atoms with Gasteiger partial charge in [-0.25, -0.2) is 18.4 Å². The fourth-order valence-corrected chi connectivity index (χ4v) is 4.59. The zero-order chi connectivity index (χ0) is 27.7. The highest BCUT2D eigenvalue weighted by Gasteiger charge is 2.34. The van der Waals surface area contributed by atoms with Crippen LogP contribution in [-0.4, -0.2) is 42.3 Å². The van der Waals surface area contributed by atoms with E-state index in [1.165, 1.54) is 22.6 Å². The molecule has 0 saturated carbocycles. The molecule has 0 bridgehead atoms. The molecule has 5 rings (SSSR count). The number of hydrogen-bond donors (Lipinski definition) is 0. The first-order valence-electron chi connectivity index (χ1n) is 12.3. The summed E-state index contributed by atoms with van der Waals surface area (Å²) in [5, 5.41) is 8.09. The van der Waals surface area contributed by atoms with Crippen LogP contribution in [0.25, 0.3) is 33.8 Å². The highest BCUT2D eigenvalue weighted by molar-refractivity contribution is 5.97. The standard InChI is InChI=1S/C27H26F4N6O2/c1-4-13-38-26-20(22(23(28)29)33-36(26)3)21-19(18-15-35(2)34-25(18)39-27(30)31)17-11-8-12-37(24(17)32-21)14-16-9-6-5-7-10-16/h5-12,15,23,27H,4,13-14H2,1-3H3. The number of aromatic nitrogens is 6. The van der Waals surface area contributed by atoms with Crippen LogP contribution < -0.4 is 9.47 Å². The molecule has 0 N–H and O–H groups in total. The average Bonchev–Trinajstić information content (AvgIpc) is 3.55. The molecule has 8 nitrogen and oxygen atoms in total. The van der Waals surface area contributed by atoms with E-state index in [4.69, 9.17) is 14.5 Å². The van der Waals surface area contributed by atoms with Crippen LogP contribution in [0.15, 0.2) is 54.9 Å². The Balaban J connectivity index is 1.81. The third kappa shape index (κ3) is 5.06. The predicted octanol–water partition coefficient (Wildman–Crippen LogP) is 6.17. The number of fused-ring (bicyclic) bond motifs is 1. The number of pyridine rings is 1. The van der Waals surface area contributed by atoms with E-state index in [1.807, 2.05) is 48.0 Å². The first-order chi connectivity index (χ1) is 18.8. The van der Waals surface area contributed by atoms with Crippen LogP contribution in [0.5, 0.6) is 11.8 Å². The second kappa shape index (κ2) is 10.8. The van der Waals surface area contributed by atoms with Gasteiger partial charge in [0.25, 0.3) is 6.43 Å². The molecule has 2 aliphatic heterocycles. The van der Waals surface area contributed by atoms with Gasteiger partial charge in [0.2, 0.25) is 11.8 Å². The molecule has 0 unspecified atom stereocenters.